The molecule has 0 saturated heterocycles. The van der Waals surface area contributed by atoms with Gasteiger partial charge in [0.25, 0.3) is 0 Å². The second-order valence-electron chi connectivity index (χ2n) is 6.88. The fraction of sp³-hybridized carbons (Fsp3) is 0.227. The van der Waals surface area contributed by atoms with E-state index >= 15 is 0 Å². The van der Waals surface area contributed by atoms with Gasteiger partial charge in [-0.1, -0.05) is 31.2 Å². The van der Waals surface area contributed by atoms with Crippen LogP contribution < -0.4 is 4.74 Å². The molecule has 5 nitrogen and oxygen atoms in total. The van der Waals surface area contributed by atoms with Crippen molar-refractivity contribution in [3.63, 3.8) is 0 Å². The number of aromatic nitrogens is 1. The molecule has 2 aromatic carbocycles. The minimum Gasteiger partial charge on any atom is -0.441 e. The van der Waals surface area contributed by atoms with Crippen LogP contribution in [0.15, 0.2) is 46.9 Å². The number of carbonyl (C=O) groups excluding carboxylic acids is 2. The fourth-order valence-electron chi connectivity index (χ4n) is 3.63. The Morgan fingerprint density at radius 3 is 2.63 bits per heavy atom. The number of ether oxygens (including phenoxy) is 1. The summed E-state index contributed by atoms with van der Waals surface area (Å²) in [6.45, 7) is 5.65. The number of aryl methyl sites for hydroxylation is 2. The molecule has 1 heterocycles. The molecule has 0 aliphatic heterocycles. The molecule has 1 aromatic heterocycles. The van der Waals surface area contributed by atoms with E-state index in [1.165, 1.54) is 0 Å². The van der Waals surface area contributed by atoms with Gasteiger partial charge in [0, 0.05) is 12.0 Å². The Balaban J connectivity index is 1.67. The molecule has 0 spiro atoms. The Morgan fingerprint density at radius 2 is 1.89 bits per heavy atom. The Kier molecular flexibility index (Phi) is 4.15. The average Bonchev–Trinajstić information content (AvgIpc) is 3.18. The number of Topliss-reactive ketones (excluding diaryl/α,β-unsaturated/α-hetero) is 1. The van der Waals surface area contributed by atoms with E-state index in [0.29, 0.717) is 29.4 Å². The van der Waals surface area contributed by atoms with Crippen LogP contribution in [0.2, 0.25) is 0 Å². The van der Waals surface area contributed by atoms with Crippen LogP contribution in [0, 0.1) is 13.8 Å². The van der Waals surface area contributed by atoms with Crippen LogP contribution in [-0.4, -0.2) is 16.7 Å². The first-order valence-electron chi connectivity index (χ1n) is 8.87. The number of hydrogen-bond acceptors (Lipinski definition) is 5. The van der Waals surface area contributed by atoms with Gasteiger partial charge < -0.3 is 9.15 Å². The lowest BCUT2D eigenvalue weighted by atomic mass is 9.97. The molecule has 1 aliphatic rings. The zero-order chi connectivity index (χ0) is 19.1. The van der Waals surface area contributed by atoms with Crippen LogP contribution in [0.4, 0.5) is 0 Å². The quantitative estimate of drug-likeness (QED) is 0.492. The molecule has 136 valence electrons. The van der Waals surface area contributed by atoms with Gasteiger partial charge in [-0.05, 0) is 49.1 Å². The number of fused-ring (bicyclic) bond motifs is 1. The molecular weight excluding hydrogens is 342 g/mol. The molecule has 0 fully saturated rings. The minimum absolute atomic E-state index is 0.00542. The van der Waals surface area contributed by atoms with E-state index in [0.717, 1.165) is 16.7 Å². The molecule has 0 amide bonds. The summed E-state index contributed by atoms with van der Waals surface area (Å²) < 4.78 is 11.2. The molecule has 0 N–H and O–H groups in total. The topological polar surface area (TPSA) is 69.4 Å². The summed E-state index contributed by atoms with van der Waals surface area (Å²) in [6, 6.07) is 12.9. The Labute approximate surface area is 157 Å². The smallest absolute Gasteiger partial charge is 0.366 e. The van der Waals surface area contributed by atoms with Crippen molar-refractivity contribution in [2.45, 2.75) is 33.1 Å². The first-order valence-corrected chi connectivity index (χ1v) is 8.87. The van der Waals surface area contributed by atoms with Gasteiger partial charge in [0.15, 0.2) is 11.5 Å². The summed E-state index contributed by atoms with van der Waals surface area (Å²) in [5, 5.41) is 0. The molecule has 1 unspecified atom stereocenters. The maximum absolute atomic E-state index is 12.7. The van der Waals surface area contributed by atoms with Crippen LogP contribution in [0.1, 0.15) is 57.0 Å². The van der Waals surface area contributed by atoms with Crippen LogP contribution in [-0.2, 0) is 0 Å². The van der Waals surface area contributed by atoms with Gasteiger partial charge in [-0.25, -0.2) is 9.78 Å². The highest BCUT2D eigenvalue weighted by Gasteiger charge is 2.32. The molecule has 5 heteroatoms. The van der Waals surface area contributed by atoms with Crippen LogP contribution in [0.25, 0.3) is 11.5 Å². The molecule has 27 heavy (non-hydrogen) atoms. The van der Waals surface area contributed by atoms with Crippen LogP contribution in [0.5, 0.6) is 5.75 Å². The fourth-order valence-corrected chi connectivity index (χ4v) is 3.63. The van der Waals surface area contributed by atoms with Gasteiger partial charge in [0.1, 0.15) is 11.5 Å². The Bertz CT molecular complexity index is 1050. The summed E-state index contributed by atoms with van der Waals surface area (Å²) in [6.07, 6.45) is 0.436. The summed E-state index contributed by atoms with van der Waals surface area (Å²) >= 11 is 0. The van der Waals surface area contributed by atoms with Gasteiger partial charge in [0.05, 0.1) is 5.56 Å². The first-order chi connectivity index (χ1) is 13.0. The number of ketones is 1. The van der Waals surface area contributed by atoms with Crippen molar-refractivity contribution >= 4 is 11.8 Å². The largest absolute Gasteiger partial charge is 0.441 e. The molecule has 0 radical (unpaired) electrons. The summed E-state index contributed by atoms with van der Waals surface area (Å²) in [7, 11) is 0. The maximum Gasteiger partial charge on any atom is 0.366 e. The third-order valence-electron chi connectivity index (χ3n) is 4.90. The standard InChI is InChI=1S/C22H19NO4/c1-12-9-10-17(19-16(24)11-13(2)18(12)19)27-22(25)20-14(3)26-21(23-20)15-7-5-4-6-8-15/h4-10,13H,11H2,1-3H3. The van der Waals surface area contributed by atoms with Gasteiger partial charge >= 0.3 is 5.97 Å². The predicted molar refractivity (Wildman–Crippen MR) is 100 cm³/mol. The second kappa shape index (κ2) is 6.50. The van der Waals surface area contributed by atoms with Crippen molar-refractivity contribution in [3.05, 3.63) is 70.6 Å². The number of carbonyl (C=O) groups is 2. The van der Waals surface area contributed by atoms with Crippen molar-refractivity contribution in [1.82, 2.24) is 4.98 Å². The van der Waals surface area contributed by atoms with Crippen molar-refractivity contribution in [2.75, 3.05) is 0 Å². The minimum atomic E-state index is -0.628. The van der Waals surface area contributed by atoms with E-state index in [4.69, 9.17) is 9.15 Å². The zero-order valence-corrected chi connectivity index (χ0v) is 15.4. The SMILES string of the molecule is Cc1ccc(OC(=O)c2nc(-c3ccccc3)oc2C)c2c1C(C)CC2=O. The van der Waals surface area contributed by atoms with E-state index in [9.17, 15) is 9.59 Å². The molecule has 1 atom stereocenters. The first kappa shape index (κ1) is 17.2. The van der Waals surface area contributed by atoms with Gasteiger partial charge in [-0.3, -0.25) is 4.79 Å². The summed E-state index contributed by atoms with van der Waals surface area (Å²) in [5.74, 6) is 0.534. The van der Waals surface area contributed by atoms with E-state index in [1.54, 1.807) is 13.0 Å². The summed E-state index contributed by atoms with van der Waals surface area (Å²) in [4.78, 5) is 29.4. The lowest BCUT2D eigenvalue weighted by molar-refractivity contribution is 0.0725. The number of nitrogens with zero attached hydrogens (tertiary/aromatic N) is 1. The second-order valence-corrected chi connectivity index (χ2v) is 6.88. The number of rotatable bonds is 3. The predicted octanol–water partition coefficient (Wildman–Crippen LogP) is 4.87. The van der Waals surface area contributed by atoms with Crippen molar-refractivity contribution < 1.29 is 18.7 Å². The van der Waals surface area contributed by atoms with Crippen LogP contribution in [0.3, 0.4) is 0 Å². The maximum atomic E-state index is 12.7. The molecule has 4 rings (SSSR count). The third-order valence-corrected chi connectivity index (χ3v) is 4.90. The van der Waals surface area contributed by atoms with E-state index in [2.05, 4.69) is 4.98 Å². The van der Waals surface area contributed by atoms with Crippen LogP contribution >= 0.6 is 0 Å². The number of oxazole rings is 1. The highest BCUT2D eigenvalue weighted by atomic mass is 16.5. The lowest BCUT2D eigenvalue weighted by Crippen LogP contribution is -2.13. The van der Waals surface area contributed by atoms with E-state index in [1.807, 2.05) is 50.2 Å². The van der Waals surface area contributed by atoms with Gasteiger partial charge in [0.2, 0.25) is 5.89 Å². The van der Waals surface area contributed by atoms with Crippen molar-refractivity contribution in [3.8, 4) is 17.2 Å². The monoisotopic (exact) mass is 361 g/mol. The third kappa shape index (κ3) is 2.95. The molecule has 1 aliphatic carbocycles. The van der Waals surface area contributed by atoms with Crippen molar-refractivity contribution in [2.24, 2.45) is 0 Å². The van der Waals surface area contributed by atoms with Gasteiger partial charge in [-0.2, -0.15) is 0 Å². The number of hydrogen-bond donors (Lipinski definition) is 0. The molecule has 0 saturated carbocycles. The summed E-state index contributed by atoms with van der Waals surface area (Å²) in [5.41, 5.74) is 3.40. The van der Waals surface area contributed by atoms with Crippen molar-refractivity contribution in [1.29, 1.82) is 0 Å². The highest BCUT2D eigenvalue weighted by Crippen LogP contribution is 2.40. The number of esters is 1. The Morgan fingerprint density at radius 1 is 1.15 bits per heavy atom. The lowest BCUT2D eigenvalue weighted by Gasteiger charge is -2.11. The molecule has 3 aromatic rings. The molecule has 0 bridgehead atoms. The van der Waals surface area contributed by atoms with Gasteiger partial charge in [-0.15, -0.1) is 0 Å². The number of benzene rings is 2. The Hall–Kier alpha value is -3.21. The highest BCUT2D eigenvalue weighted by molar-refractivity contribution is 6.05. The molecular formula is C22H19NO4. The van der Waals surface area contributed by atoms with E-state index < -0.39 is 5.97 Å². The average molecular weight is 361 g/mol. The normalized spacial score (nSPS) is 15.7. The zero-order valence-electron chi connectivity index (χ0n) is 15.4. The van der Waals surface area contributed by atoms with E-state index in [-0.39, 0.29) is 17.4 Å².